The van der Waals surface area contributed by atoms with Crippen LogP contribution in [0.3, 0.4) is 0 Å². The van der Waals surface area contributed by atoms with E-state index in [-0.39, 0.29) is 5.78 Å². The molecule has 2 aromatic carbocycles. The number of hydrogen-bond donors (Lipinski definition) is 1. The lowest BCUT2D eigenvalue weighted by atomic mass is 10.0. The van der Waals surface area contributed by atoms with Gasteiger partial charge in [0.1, 0.15) is 0 Å². The van der Waals surface area contributed by atoms with Crippen LogP contribution in [-0.4, -0.2) is 20.0 Å². The molecule has 0 radical (unpaired) electrons. The summed E-state index contributed by atoms with van der Waals surface area (Å²) in [5.74, 6) is 1.08. The molecule has 104 valence electrons. The van der Waals surface area contributed by atoms with Crippen LogP contribution in [0.15, 0.2) is 42.5 Å². The Kier molecular flexibility index (Phi) is 4.38. The maximum absolute atomic E-state index is 12.4. The molecule has 0 spiro atoms. The number of carbonyl (C=O) groups is 1. The van der Waals surface area contributed by atoms with E-state index in [4.69, 9.17) is 15.2 Å². The van der Waals surface area contributed by atoms with Gasteiger partial charge in [0.15, 0.2) is 17.3 Å². The highest BCUT2D eigenvalue weighted by molar-refractivity contribution is 6.09. The Bertz CT molecular complexity index is 606. The molecule has 0 aliphatic heterocycles. The third kappa shape index (κ3) is 2.81. The van der Waals surface area contributed by atoms with Crippen molar-refractivity contribution in [2.45, 2.75) is 6.54 Å². The van der Waals surface area contributed by atoms with Gasteiger partial charge >= 0.3 is 0 Å². The average Bonchev–Trinajstić information content (AvgIpc) is 2.53. The van der Waals surface area contributed by atoms with Crippen LogP contribution in [0.1, 0.15) is 21.5 Å². The van der Waals surface area contributed by atoms with E-state index in [0.29, 0.717) is 29.2 Å². The third-order valence-corrected chi connectivity index (χ3v) is 3.10. The van der Waals surface area contributed by atoms with Gasteiger partial charge in [-0.3, -0.25) is 4.79 Å². The van der Waals surface area contributed by atoms with Crippen molar-refractivity contribution in [3.8, 4) is 11.5 Å². The van der Waals surface area contributed by atoms with E-state index in [1.165, 1.54) is 0 Å². The molecule has 0 fully saturated rings. The molecule has 4 heteroatoms. The number of ketones is 1. The highest BCUT2D eigenvalue weighted by atomic mass is 16.5. The summed E-state index contributed by atoms with van der Waals surface area (Å²) in [5, 5.41) is 0. The van der Waals surface area contributed by atoms with Crippen LogP contribution < -0.4 is 15.2 Å². The molecule has 0 bridgehead atoms. The lowest BCUT2D eigenvalue weighted by Gasteiger charge is -2.09. The minimum atomic E-state index is -0.0606. The van der Waals surface area contributed by atoms with Crippen molar-refractivity contribution in [3.05, 3.63) is 59.2 Å². The fourth-order valence-electron chi connectivity index (χ4n) is 1.94. The van der Waals surface area contributed by atoms with E-state index in [1.807, 2.05) is 12.1 Å². The fraction of sp³-hybridized carbons (Fsp3) is 0.188. The molecule has 2 N–H and O–H groups in total. The maximum atomic E-state index is 12.4. The van der Waals surface area contributed by atoms with Crippen molar-refractivity contribution in [1.82, 2.24) is 0 Å². The second-order valence-electron chi connectivity index (χ2n) is 4.30. The van der Waals surface area contributed by atoms with E-state index in [1.54, 1.807) is 44.6 Å². The Labute approximate surface area is 118 Å². The van der Waals surface area contributed by atoms with E-state index in [9.17, 15) is 4.79 Å². The molecule has 4 nitrogen and oxygen atoms in total. The van der Waals surface area contributed by atoms with E-state index >= 15 is 0 Å². The first kappa shape index (κ1) is 14.1. The standard InChI is InChI=1S/C16H17NO3/c1-19-14-8-7-13(9-15(14)20-2)16(18)12-5-3-11(10-17)4-6-12/h3-9H,10,17H2,1-2H3. The van der Waals surface area contributed by atoms with E-state index < -0.39 is 0 Å². The molecule has 0 atom stereocenters. The smallest absolute Gasteiger partial charge is 0.193 e. The van der Waals surface area contributed by atoms with Gasteiger partial charge in [0.25, 0.3) is 0 Å². The predicted octanol–water partition coefficient (Wildman–Crippen LogP) is 2.39. The first-order valence-corrected chi connectivity index (χ1v) is 6.25. The highest BCUT2D eigenvalue weighted by Gasteiger charge is 2.12. The molecule has 0 saturated heterocycles. The summed E-state index contributed by atoms with van der Waals surface area (Å²) in [5.41, 5.74) is 7.71. The monoisotopic (exact) mass is 271 g/mol. The van der Waals surface area contributed by atoms with Crippen LogP contribution in [0.4, 0.5) is 0 Å². The normalized spacial score (nSPS) is 10.2. The minimum absolute atomic E-state index is 0.0606. The second kappa shape index (κ2) is 6.21. The van der Waals surface area contributed by atoms with Gasteiger partial charge in [0, 0.05) is 17.7 Å². The fourth-order valence-corrected chi connectivity index (χ4v) is 1.94. The summed E-state index contributed by atoms with van der Waals surface area (Å²) in [6, 6.07) is 12.4. The summed E-state index contributed by atoms with van der Waals surface area (Å²) in [6.07, 6.45) is 0. The van der Waals surface area contributed by atoms with Crippen molar-refractivity contribution in [3.63, 3.8) is 0 Å². The first-order valence-electron chi connectivity index (χ1n) is 6.25. The third-order valence-electron chi connectivity index (χ3n) is 3.10. The second-order valence-corrected chi connectivity index (χ2v) is 4.30. The molecule has 0 unspecified atom stereocenters. The number of ether oxygens (including phenoxy) is 2. The van der Waals surface area contributed by atoms with E-state index in [2.05, 4.69) is 0 Å². The van der Waals surface area contributed by atoms with Gasteiger partial charge in [-0.25, -0.2) is 0 Å². The topological polar surface area (TPSA) is 61.5 Å². The lowest BCUT2D eigenvalue weighted by Crippen LogP contribution is -2.03. The molecule has 2 rings (SSSR count). The molecule has 0 heterocycles. The molecular weight excluding hydrogens is 254 g/mol. The summed E-state index contributed by atoms with van der Waals surface area (Å²) in [7, 11) is 3.10. The Morgan fingerprint density at radius 1 is 0.950 bits per heavy atom. The molecule has 0 aliphatic rings. The Balaban J connectivity index is 2.32. The summed E-state index contributed by atoms with van der Waals surface area (Å²) < 4.78 is 10.4. The van der Waals surface area contributed by atoms with E-state index in [0.717, 1.165) is 5.56 Å². The molecular formula is C16H17NO3. The van der Waals surface area contributed by atoms with Gasteiger partial charge < -0.3 is 15.2 Å². The zero-order valence-electron chi connectivity index (χ0n) is 11.6. The average molecular weight is 271 g/mol. The Morgan fingerprint density at radius 2 is 1.55 bits per heavy atom. The van der Waals surface area contributed by atoms with Crippen LogP contribution in [0, 0.1) is 0 Å². The van der Waals surface area contributed by atoms with Gasteiger partial charge in [-0.15, -0.1) is 0 Å². The summed E-state index contributed by atoms with van der Waals surface area (Å²) in [4.78, 5) is 12.4. The number of hydrogen-bond acceptors (Lipinski definition) is 4. The number of benzene rings is 2. The summed E-state index contributed by atoms with van der Waals surface area (Å²) in [6.45, 7) is 0.463. The van der Waals surface area contributed by atoms with Gasteiger partial charge in [-0.05, 0) is 23.8 Å². The van der Waals surface area contributed by atoms with Crippen LogP contribution in [0.5, 0.6) is 11.5 Å². The van der Waals surface area contributed by atoms with Crippen LogP contribution in [0.25, 0.3) is 0 Å². The summed E-state index contributed by atoms with van der Waals surface area (Å²) >= 11 is 0. The SMILES string of the molecule is COc1ccc(C(=O)c2ccc(CN)cc2)cc1OC. The lowest BCUT2D eigenvalue weighted by molar-refractivity contribution is 0.103. The quantitative estimate of drug-likeness (QED) is 0.848. The van der Waals surface area contributed by atoms with Gasteiger partial charge in [-0.1, -0.05) is 24.3 Å². The molecule has 20 heavy (non-hydrogen) atoms. The van der Waals surface area contributed by atoms with Crippen molar-refractivity contribution in [2.75, 3.05) is 14.2 Å². The predicted molar refractivity (Wildman–Crippen MR) is 77.3 cm³/mol. The number of carbonyl (C=O) groups excluding carboxylic acids is 1. The van der Waals surface area contributed by atoms with Crippen molar-refractivity contribution in [2.24, 2.45) is 5.73 Å². The Morgan fingerprint density at radius 3 is 2.10 bits per heavy atom. The van der Waals surface area contributed by atoms with Gasteiger partial charge in [0.2, 0.25) is 0 Å². The van der Waals surface area contributed by atoms with Crippen LogP contribution in [-0.2, 0) is 6.54 Å². The molecule has 0 aliphatic carbocycles. The van der Waals surface area contributed by atoms with Crippen molar-refractivity contribution >= 4 is 5.78 Å². The maximum Gasteiger partial charge on any atom is 0.193 e. The number of rotatable bonds is 5. The molecule has 0 saturated carbocycles. The Hall–Kier alpha value is -2.33. The zero-order chi connectivity index (χ0) is 14.5. The number of methoxy groups -OCH3 is 2. The van der Waals surface area contributed by atoms with Gasteiger partial charge in [-0.2, -0.15) is 0 Å². The largest absolute Gasteiger partial charge is 0.493 e. The van der Waals surface area contributed by atoms with Crippen LogP contribution in [0.2, 0.25) is 0 Å². The minimum Gasteiger partial charge on any atom is -0.493 e. The first-order chi connectivity index (χ1) is 9.69. The van der Waals surface area contributed by atoms with Crippen molar-refractivity contribution < 1.29 is 14.3 Å². The zero-order valence-corrected chi connectivity index (χ0v) is 11.6. The molecule has 2 aromatic rings. The molecule has 0 aromatic heterocycles. The highest BCUT2D eigenvalue weighted by Crippen LogP contribution is 2.28. The van der Waals surface area contributed by atoms with Gasteiger partial charge in [0.05, 0.1) is 14.2 Å². The van der Waals surface area contributed by atoms with Crippen molar-refractivity contribution in [1.29, 1.82) is 0 Å². The number of nitrogens with two attached hydrogens (primary N) is 1. The van der Waals surface area contributed by atoms with Crippen LogP contribution >= 0.6 is 0 Å². The molecule has 0 amide bonds.